The van der Waals surface area contributed by atoms with E-state index in [0.29, 0.717) is 60.8 Å². The van der Waals surface area contributed by atoms with Crippen LogP contribution < -0.4 is 5.56 Å². The average Bonchev–Trinajstić information content (AvgIpc) is 3.45. The Labute approximate surface area is 224 Å². The molecule has 2 aromatic heterocycles. The molecular formula is C28H31ClFN5O3. The quantitative estimate of drug-likeness (QED) is 0.338. The fourth-order valence-electron chi connectivity index (χ4n) is 4.90. The molecule has 5 rings (SSSR count). The summed E-state index contributed by atoms with van der Waals surface area (Å²) < 4.78 is 20.4. The van der Waals surface area contributed by atoms with Crippen molar-refractivity contribution >= 4 is 28.7 Å². The van der Waals surface area contributed by atoms with Crippen LogP contribution >= 0.6 is 11.6 Å². The van der Waals surface area contributed by atoms with Gasteiger partial charge in [-0.1, -0.05) is 29.8 Å². The molecule has 2 N–H and O–H groups in total. The van der Waals surface area contributed by atoms with E-state index in [1.807, 2.05) is 32.9 Å². The molecule has 4 aromatic rings. The van der Waals surface area contributed by atoms with Gasteiger partial charge in [0.15, 0.2) is 0 Å². The molecule has 1 fully saturated rings. The summed E-state index contributed by atoms with van der Waals surface area (Å²) in [4.78, 5) is 35.7. The maximum absolute atomic E-state index is 13.7. The first kappa shape index (κ1) is 26.0. The number of hydrogen-bond donors (Lipinski definition) is 2. The van der Waals surface area contributed by atoms with E-state index >= 15 is 0 Å². The second-order valence-electron chi connectivity index (χ2n) is 10.7. The van der Waals surface area contributed by atoms with Crippen molar-refractivity contribution in [3.63, 3.8) is 0 Å². The number of ether oxygens (including phenoxy) is 1. The van der Waals surface area contributed by atoms with Gasteiger partial charge < -0.3 is 14.6 Å². The number of amides is 1. The van der Waals surface area contributed by atoms with E-state index in [0.717, 1.165) is 16.8 Å². The van der Waals surface area contributed by atoms with Crippen molar-refractivity contribution in [2.45, 2.75) is 58.0 Å². The van der Waals surface area contributed by atoms with E-state index < -0.39 is 5.60 Å². The van der Waals surface area contributed by atoms with Gasteiger partial charge >= 0.3 is 6.09 Å². The van der Waals surface area contributed by atoms with Gasteiger partial charge in [-0.05, 0) is 76.3 Å². The van der Waals surface area contributed by atoms with Crippen molar-refractivity contribution < 1.29 is 13.9 Å². The molecule has 0 unspecified atom stereocenters. The van der Waals surface area contributed by atoms with E-state index in [1.54, 1.807) is 23.1 Å². The molecule has 8 nitrogen and oxygen atoms in total. The molecule has 1 aliphatic heterocycles. The number of nitrogens with one attached hydrogen (secondary N) is 2. The van der Waals surface area contributed by atoms with Gasteiger partial charge in [-0.3, -0.25) is 9.89 Å². The number of aromatic amines is 2. The summed E-state index contributed by atoms with van der Waals surface area (Å²) in [6.45, 7) is 6.62. The van der Waals surface area contributed by atoms with Crippen LogP contribution in [0.2, 0.25) is 5.02 Å². The zero-order valence-corrected chi connectivity index (χ0v) is 22.4. The van der Waals surface area contributed by atoms with Gasteiger partial charge in [-0.25, -0.2) is 14.2 Å². The molecule has 0 aliphatic carbocycles. The molecule has 0 atom stereocenters. The fourth-order valence-corrected chi connectivity index (χ4v) is 5.12. The second kappa shape index (κ2) is 10.3. The Kier molecular flexibility index (Phi) is 7.05. The molecule has 0 saturated carbocycles. The van der Waals surface area contributed by atoms with Gasteiger partial charge in [0.05, 0.1) is 10.5 Å². The van der Waals surface area contributed by atoms with E-state index in [1.165, 1.54) is 16.8 Å². The fraction of sp³-hybridized carbons (Fsp3) is 0.393. The van der Waals surface area contributed by atoms with Crippen molar-refractivity contribution in [2.24, 2.45) is 0 Å². The number of carbonyl (C=O) groups is 1. The summed E-state index contributed by atoms with van der Waals surface area (Å²) in [6.07, 6.45) is 2.13. The molecule has 0 spiro atoms. The number of para-hydroxylation sites is 1. The predicted octanol–water partition coefficient (Wildman–Crippen LogP) is 5.73. The van der Waals surface area contributed by atoms with Crippen molar-refractivity contribution in [2.75, 3.05) is 13.1 Å². The Morgan fingerprint density at radius 1 is 1.13 bits per heavy atom. The Hall–Kier alpha value is -3.59. The van der Waals surface area contributed by atoms with Crippen LogP contribution in [0.5, 0.6) is 0 Å². The van der Waals surface area contributed by atoms with E-state index in [-0.39, 0.29) is 23.4 Å². The standard InChI is InChI=1S/C28H31ClFN5O3/c1-28(2,3)38-27(37)34-15-13-18(14-16-34)23-20(12-9-17-7-10-19(30)11-8-17)25(36)35(33-23)26-31-22-6-4-5-21(29)24(22)32-26/h4-8,10-11,18,33H,9,12-16H2,1-3H3,(H,31,32). The maximum atomic E-state index is 13.7. The van der Waals surface area contributed by atoms with Crippen LogP contribution in [0.3, 0.4) is 0 Å². The van der Waals surface area contributed by atoms with Gasteiger partial charge in [-0.2, -0.15) is 4.68 Å². The third-order valence-corrected chi connectivity index (χ3v) is 7.12. The first-order chi connectivity index (χ1) is 18.1. The van der Waals surface area contributed by atoms with Crippen molar-refractivity contribution in [3.8, 4) is 5.95 Å². The van der Waals surface area contributed by atoms with Crippen LogP contribution in [0.25, 0.3) is 17.0 Å². The number of carbonyl (C=O) groups excluding carboxylic acids is 1. The number of aryl methyl sites for hydroxylation is 1. The lowest BCUT2D eigenvalue weighted by Crippen LogP contribution is -2.41. The molecule has 0 radical (unpaired) electrons. The molecule has 1 saturated heterocycles. The zero-order valence-electron chi connectivity index (χ0n) is 21.7. The van der Waals surface area contributed by atoms with Crippen LogP contribution in [-0.4, -0.2) is 49.4 Å². The van der Waals surface area contributed by atoms with Crippen LogP contribution in [0, 0.1) is 5.82 Å². The van der Waals surface area contributed by atoms with Gasteiger partial charge in [0.2, 0.25) is 5.95 Å². The topological polar surface area (TPSA) is 96.0 Å². The smallest absolute Gasteiger partial charge is 0.410 e. The Bertz CT molecular complexity index is 1510. The van der Waals surface area contributed by atoms with Crippen molar-refractivity contribution in [1.82, 2.24) is 24.6 Å². The third-order valence-electron chi connectivity index (χ3n) is 6.81. The highest BCUT2D eigenvalue weighted by Gasteiger charge is 2.31. The summed E-state index contributed by atoms with van der Waals surface area (Å²) in [7, 11) is 0. The number of aromatic nitrogens is 4. The normalized spacial score (nSPS) is 14.8. The summed E-state index contributed by atoms with van der Waals surface area (Å²) in [5.41, 5.74) is 3.02. The molecular weight excluding hydrogens is 509 g/mol. The number of imidazole rings is 1. The Balaban J connectivity index is 1.44. The molecule has 2 aromatic carbocycles. The first-order valence-electron chi connectivity index (χ1n) is 12.8. The number of piperidine rings is 1. The summed E-state index contributed by atoms with van der Waals surface area (Å²) in [6, 6.07) is 11.8. The monoisotopic (exact) mass is 539 g/mol. The third kappa shape index (κ3) is 5.48. The second-order valence-corrected chi connectivity index (χ2v) is 11.1. The molecule has 1 amide bonds. The lowest BCUT2D eigenvalue weighted by Gasteiger charge is -2.33. The van der Waals surface area contributed by atoms with Gasteiger partial charge in [-0.15, -0.1) is 0 Å². The summed E-state index contributed by atoms with van der Waals surface area (Å²) in [5.74, 6) is 0.121. The van der Waals surface area contributed by atoms with Crippen molar-refractivity contribution in [3.05, 3.63) is 80.5 Å². The number of rotatable bonds is 5. The van der Waals surface area contributed by atoms with Gasteiger partial charge in [0.1, 0.15) is 16.9 Å². The number of nitrogens with zero attached hydrogens (tertiary/aromatic N) is 3. The van der Waals surface area contributed by atoms with Crippen LogP contribution in [0.1, 0.15) is 56.4 Å². The number of likely N-dealkylation sites (tertiary alicyclic amines) is 1. The number of fused-ring (bicyclic) bond motifs is 1. The van der Waals surface area contributed by atoms with Crippen LogP contribution in [0.15, 0.2) is 47.3 Å². The molecule has 10 heteroatoms. The lowest BCUT2D eigenvalue weighted by molar-refractivity contribution is 0.0204. The van der Waals surface area contributed by atoms with E-state index in [9.17, 15) is 14.0 Å². The minimum absolute atomic E-state index is 0.0545. The highest BCUT2D eigenvalue weighted by atomic mass is 35.5. The van der Waals surface area contributed by atoms with E-state index in [2.05, 4.69) is 15.1 Å². The maximum Gasteiger partial charge on any atom is 0.410 e. The minimum atomic E-state index is -0.556. The Morgan fingerprint density at radius 2 is 1.84 bits per heavy atom. The van der Waals surface area contributed by atoms with Gasteiger partial charge in [0.25, 0.3) is 5.56 Å². The number of H-pyrrole nitrogens is 2. The molecule has 38 heavy (non-hydrogen) atoms. The number of hydrogen-bond acceptors (Lipinski definition) is 4. The summed E-state index contributed by atoms with van der Waals surface area (Å²) >= 11 is 6.31. The average molecular weight is 540 g/mol. The highest BCUT2D eigenvalue weighted by Crippen LogP contribution is 2.30. The minimum Gasteiger partial charge on any atom is -0.444 e. The number of halogens is 2. The SMILES string of the molecule is CC(C)(C)OC(=O)N1CCC(c2[nH]n(-c3nc4c(Cl)cccc4[nH]3)c(=O)c2CCc2ccc(F)cc2)CC1. The highest BCUT2D eigenvalue weighted by molar-refractivity contribution is 6.34. The van der Waals surface area contributed by atoms with Crippen LogP contribution in [-0.2, 0) is 17.6 Å². The molecule has 200 valence electrons. The lowest BCUT2D eigenvalue weighted by atomic mass is 9.90. The van der Waals surface area contributed by atoms with Crippen LogP contribution in [0.4, 0.5) is 9.18 Å². The first-order valence-corrected chi connectivity index (χ1v) is 13.2. The predicted molar refractivity (Wildman–Crippen MR) is 145 cm³/mol. The summed E-state index contributed by atoms with van der Waals surface area (Å²) in [5, 5.41) is 3.81. The van der Waals surface area contributed by atoms with Crippen molar-refractivity contribution in [1.29, 1.82) is 0 Å². The zero-order chi connectivity index (χ0) is 27.0. The van der Waals surface area contributed by atoms with E-state index in [4.69, 9.17) is 16.3 Å². The van der Waals surface area contributed by atoms with Gasteiger partial charge in [0, 0.05) is 30.3 Å². The molecule has 1 aliphatic rings. The largest absolute Gasteiger partial charge is 0.444 e. The number of benzene rings is 2. The Morgan fingerprint density at radius 3 is 2.50 bits per heavy atom. The molecule has 0 bridgehead atoms. The molecule has 3 heterocycles.